The largest absolute Gasteiger partial charge is 0.300 e. The summed E-state index contributed by atoms with van der Waals surface area (Å²) in [6.07, 6.45) is 15.8. The molecule has 1 unspecified atom stereocenters. The molecule has 3 saturated carbocycles. The second kappa shape index (κ2) is 6.54. The molecule has 0 amide bonds. The van der Waals surface area contributed by atoms with Crippen molar-refractivity contribution in [2.75, 3.05) is 0 Å². The predicted octanol–water partition coefficient (Wildman–Crippen LogP) is 6.32. The van der Waals surface area contributed by atoms with Crippen LogP contribution < -0.4 is 0 Å². The van der Waals surface area contributed by atoms with Gasteiger partial charge in [-0.25, -0.2) is 0 Å². The van der Waals surface area contributed by atoms with Gasteiger partial charge in [0.1, 0.15) is 5.78 Å². The molecule has 0 saturated heterocycles. The Morgan fingerprint density at radius 1 is 1.21 bits per heavy atom. The normalized spacial score (nSPS) is 45.0. The molecule has 2 heteroatoms. The van der Waals surface area contributed by atoms with Crippen molar-refractivity contribution in [2.45, 2.75) is 72.1 Å². The lowest BCUT2D eigenvalue weighted by Gasteiger charge is -2.62. The van der Waals surface area contributed by atoms with Gasteiger partial charge in [-0.15, -0.1) is 0 Å². The fourth-order valence-electron chi connectivity index (χ4n) is 8.19. The average Bonchev–Trinajstić information content (AvgIpc) is 3.06. The van der Waals surface area contributed by atoms with Crippen molar-refractivity contribution >= 4 is 11.4 Å². The summed E-state index contributed by atoms with van der Waals surface area (Å²) in [6.45, 7) is 7.50. The Morgan fingerprint density at radius 2 is 2.07 bits per heavy atom. The molecule has 150 valence electrons. The minimum Gasteiger partial charge on any atom is -0.300 e. The van der Waals surface area contributed by atoms with Crippen LogP contribution >= 0.6 is 0 Å². The van der Waals surface area contributed by atoms with E-state index in [1.807, 2.05) is 6.20 Å². The van der Waals surface area contributed by atoms with Crippen LogP contribution in [0.15, 0.2) is 30.6 Å². The summed E-state index contributed by atoms with van der Waals surface area (Å²) in [5.74, 6) is 4.35. The van der Waals surface area contributed by atoms with Gasteiger partial charge in [0.2, 0.25) is 0 Å². The Labute approximate surface area is 170 Å². The maximum atomic E-state index is 12.2. The zero-order chi connectivity index (χ0) is 19.5. The van der Waals surface area contributed by atoms with E-state index < -0.39 is 0 Å². The van der Waals surface area contributed by atoms with Crippen LogP contribution in [0.25, 0.3) is 5.57 Å². The van der Waals surface area contributed by atoms with E-state index in [1.54, 1.807) is 5.57 Å². The Morgan fingerprint density at radius 3 is 2.82 bits per heavy atom. The molecule has 0 bridgehead atoms. The summed E-state index contributed by atoms with van der Waals surface area (Å²) in [5, 5.41) is 0. The lowest BCUT2D eigenvalue weighted by molar-refractivity contribution is -0.146. The van der Waals surface area contributed by atoms with E-state index in [2.05, 4.69) is 50.2 Å². The molecule has 0 radical (unpaired) electrons. The molecule has 2 nitrogen and oxygen atoms in total. The molecule has 0 aromatic carbocycles. The molecule has 0 aliphatic heterocycles. The van der Waals surface area contributed by atoms with Gasteiger partial charge in [-0.3, -0.25) is 9.78 Å². The first-order chi connectivity index (χ1) is 13.5. The number of carbonyl (C=O) groups excluding carboxylic acids is 1. The van der Waals surface area contributed by atoms with E-state index in [0.29, 0.717) is 22.5 Å². The van der Waals surface area contributed by atoms with E-state index in [-0.39, 0.29) is 0 Å². The second-order valence-electron chi connectivity index (χ2n) is 10.7. The molecule has 0 N–H and O–H groups in total. The van der Waals surface area contributed by atoms with Gasteiger partial charge in [0.05, 0.1) is 0 Å². The maximum absolute atomic E-state index is 12.2. The Balaban J connectivity index is 1.50. The van der Waals surface area contributed by atoms with Gasteiger partial charge >= 0.3 is 0 Å². The molecule has 4 aliphatic carbocycles. The van der Waals surface area contributed by atoms with Gasteiger partial charge in [-0.2, -0.15) is 0 Å². The molecule has 4 aliphatic rings. The van der Waals surface area contributed by atoms with E-state index in [9.17, 15) is 4.79 Å². The number of fused-ring (bicyclic) bond motifs is 5. The first kappa shape index (κ1) is 18.6. The molecule has 0 spiro atoms. The van der Waals surface area contributed by atoms with Crippen molar-refractivity contribution in [1.82, 2.24) is 4.98 Å². The third-order valence-corrected chi connectivity index (χ3v) is 9.74. The molecule has 1 aromatic heterocycles. The lowest BCUT2D eigenvalue weighted by atomic mass is 9.42. The summed E-state index contributed by atoms with van der Waals surface area (Å²) in [5.41, 5.74) is 3.58. The number of aromatic nitrogens is 1. The van der Waals surface area contributed by atoms with E-state index in [0.717, 1.165) is 42.9 Å². The van der Waals surface area contributed by atoms with Crippen LogP contribution in [0.5, 0.6) is 0 Å². The second-order valence-corrected chi connectivity index (χ2v) is 10.7. The van der Waals surface area contributed by atoms with Crippen molar-refractivity contribution in [1.29, 1.82) is 0 Å². The fourth-order valence-corrected chi connectivity index (χ4v) is 8.19. The summed E-state index contributed by atoms with van der Waals surface area (Å²) in [4.78, 5) is 16.6. The topological polar surface area (TPSA) is 30.0 Å². The number of carbonyl (C=O) groups is 1. The van der Waals surface area contributed by atoms with Crippen LogP contribution in [0.3, 0.4) is 0 Å². The number of ketones is 1. The van der Waals surface area contributed by atoms with Crippen molar-refractivity contribution in [3.8, 4) is 0 Å². The summed E-state index contributed by atoms with van der Waals surface area (Å²) in [7, 11) is 0. The van der Waals surface area contributed by atoms with Crippen LogP contribution in [0.1, 0.15) is 77.7 Å². The zero-order valence-electron chi connectivity index (χ0n) is 17.8. The zero-order valence-corrected chi connectivity index (χ0v) is 17.8. The van der Waals surface area contributed by atoms with Gasteiger partial charge in [-0.1, -0.05) is 39.3 Å². The number of rotatable bonds is 2. The number of pyridine rings is 1. The predicted molar refractivity (Wildman–Crippen MR) is 113 cm³/mol. The van der Waals surface area contributed by atoms with Gasteiger partial charge in [-0.05, 0) is 89.7 Å². The Kier molecular flexibility index (Phi) is 4.34. The van der Waals surface area contributed by atoms with Gasteiger partial charge in [0.25, 0.3) is 0 Å². The van der Waals surface area contributed by atoms with E-state index in [4.69, 9.17) is 0 Å². The number of nitrogens with zero attached hydrogens (tertiary/aromatic N) is 1. The van der Waals surface area contributed by atoms with Crippen LogP contribution in [-0.4, -0.2) is 10.8 Å². The summed E-state index contributed by atoms with van der Waals surface area (Å²) >= 11 is 0. The Hall–Kier alpha value is -1.44. The van der Waals surface area contributed by atoms with E-state index >= 15 is 0 Å². The quantitative estimate of drug-likeness (QED) is 0.603. The van der Waals surface area contributed by atoms with E-state index in [1.165, 1.54) is 37.7 Å². The van der Waals surface area contributed by atoms with Crippen LogP contribution in [0.4, 0.5) is 0 Å². The van der Waals surface area contributed by atoms with Crippen LogP contribution in [0.2, 0.25) is 0 Å². The maximum Gasteiger partial charge on any atom is 0.133 e. The average molecular weight is 378 g/mol. The van der Waals surface area contributed by atoms with Crippen molar-refractivity contribution in [3.63, 3.8) is 0 Å². The lowest BCUT2D eigenvalue weighted by Crippen LogP contribution is -2.56. The monoisotopic (exact) mass is 377 g/mol. The van der Waals surface area contributed by atoms with Crippen molar-refractivity contribution in [3.05, 3.63) is 36.2 Å². The highest BCUT2D eigenvalue weighted by atomic mass is 16.1. The van der Waals surface area contributed by atoms with Crippen molar-refractivity contribution < 1.29 is 4.79 Å². The van der Waals surface area contributed by atoms with Gasteiger partial charge in [0, 0.05) is 25.2 Å². The molecule has 1 aromatic rings. The van der Waals surface area contributed by atoms with Crippen LogP contribution in [0, 0.1) is 40.4 Å². The molecular formula is C26H35NO. The highest BCUT2D eigenvalue weighted by Gasteiger charge is 2.60. The highest BCUT2D eigenvalue weighted by Crippen LogP contribution is 2.68. The fraction of sp³-hybridized carbons (Fsp3) is 0.692. The van der Waals surface area contributed by atoms with Crippen LogP contribution in [-0.2, 0) is 4.79 Å². The highest BCUT2D eigenvalue weighted by molar-refractivity contribution is 5.79. The summed E-state index contributed by atoms with van der Waals surface area (Å²) < 4.78 is 0. The molecular weight excluding hydrogens is 342 g/mol. The number of hydrogen-bond acceptors (Lipinski definition) is 2. The Bertz CT molecular complexity index is 798. The molecule has 3 fully saturated rings. The molecule has 7 atom stereocenters. The third-order valence-electron chi connectivity index (χ3n) is 9.74. The standard InChI is InChI=1S/C26H35NO/c1-4-17-14-19-15-20(28)9-11-25(19,2)23-10-12-26(3)21(7-8-22(26)24(17)23)18-6-5-13-27-16-18/h5-7,13,16-17,19,22-24H,4,8-12,14-15H2,1-3H3/t17-,19?,22-,23-,24-,25-,26+/m0/s1. The third kappa shape index (κ3) is 2.52. The van der Waals surface area contributed by atoms with Gasteiger partial charge < -0.3 is 0 Å². The first-order valence-electron chi connectivity index (χ1n) is 11.6. The smallest absolute Gasteiger partial charge is 0.133 e. The molecule has 1 heterocycles. The minimum absolute atomic E-state index is 0.297. The number of Topliss-reactive ketones (excluding diaryl/α,β-unsaturated/α-hetero) is 1. The molecule has 5 rings (SSSR count). The minimum atomic E-state index is 0.297. The van der Waals surface area contributed by atoms with Gasteiger partial charge in [0.15, 0.2) is 0 Å². The first-order valence-corrected chi connectivity index (χ1v) is 11.6. The number of hydrogen-bond donors (Lipinski definition) is 0. The van der Waals surface area contributed by atoms with Crippen molar-refractivity contribution in [2.24, 2.45) is 40.4 Å². The molecule has 28 heavy (non-hydrogen) atoms. The SMILES string of the molecule is CC[C@H]1CC2CC(=O)CC[C@]2(C)[C@H]2CC[C@]3(C)C(c4cccnc4)=CC[C@H]3[C@H]12. The number of allylic oxidation sites excluding steroid dienone is 2. The summed E-state index contributed by atoms with van der Waals surface area (Å²) in [6, 6.07) is 4.33.